The van der Waals surface area contributed by atoms with Crippen molar-refractivity contribution in [3.8, 4) is 0 Å². The maximum Gasteiger partial charge on any atom is 0.191 e. The summed E-state index contributed by atoms with van der Waals surface area (Å²) in [6, 6.07) is 9.11. The van der Waals surface area contributed by atoms with Crippen LogP contribution >= 0.6 is 24.0 Å². The van der Waals surface area contributed by atoms with Gasteiger partial charge in [0.25, 0.3) is 0 Å². The van der Waals surface area contributed by atoms with Crippen LogP contribution in [-0.4, -0.2) is 59.0 Å². The summed E-state index contributed by atoms with van der Waals surface area (Å²) in [6.07, 6.45) is 5.24. The first kappa shape index (κ1) is 24.4. The van der Waals surface area contributed by atoms with Crippen molar-refractivity contribution in [3.05, 3.63) is 35.4 Å². The van der Waals surface area contributed by atoms with Crippen molar-refractivity contribution in [2.24, 2.45) is 4.99 Å². The predicted molar refractivity (Wildman–Crippen MR) is 129 cm³/mol. The van der Waals surface area contributed by atoms with Gasteiger partial charge in [-0.3, -0.25) is 4.90 Å². The van der Waals surface area contributed by atoms with Crippen molar-refractivity contribution >= 4 is 29.9 Å². The molecule has 1 aromatic carbocycles. The minimum atomic E-state index is -0.133. The van der Waals surface area contributed by atoms with Crippen molar-refractivity contribution in [3.63, 3.8) is 0 Å². The number of likely N-dealkylation sites (tertiary alicyclic amines) is 1. The lowest BCUT2D eigenvalue weighted by Crippen LogP contribution is -2.45. The van der Waals surface area contributed by atoms with Gasteiger partial charge < -0.3 is 20.8 Å². The lowest BCUT2D eigenvalue weighted by molar-refractivity contribution is 0.0792. The summed E-state index contributed by atoms with van der Waals surface area (Å²) in [7, 11) is 0. The number of piperidine rings is 1. The van der Waals surface area contributed by atoms with E-state index in [0.29, 0.717) is 12.6 Å². The van der Waals surface area contributed by atoms with Gasteiger partial charge in [0.05, 0.1) is 18.8 Å². The zero-order valence-electron chi connectivity index (χ0n) is 17.5. The minimum Gasteiger partial charge on any atom is -0.393 e. The summed E-state index contributed by atoms with van der Waals surface area (Å²) in [5.74, 6) is 0.861. The normalized spacial score (nSPS) is 24.0. The molecule has 6 nitrogen and oxygen atoms in total. The number of rotatable bonds is 6. The second kappa shape index (κ2) is 12.7. The predicted octanol–water partition coefficient (Wildman–Crippen LogP) is 2.62. The van der Waals surface area contributed by atoms with E-state index in [4.69, 9.17) is 4.99 Å². The molecule has 0 radical (unpaired) electrons. The number of nitrogens with zero attached hydrogens (tertiary/aromatic N) is 2. The zero-order valence-corrected chi connectivity index (χ0v) is 19.8. The van der Waals surface area contributed by atoms with Crippen LogP contribution in [-0.2, 0) is 13.1 Å². The Labute approximate surface area is 192 Å². The highest BCUT2D eigenvalue weighted by Crippen LogP contribution is 2.18. The highest BCUT2D eigenvalue weighted by molar-refractivity contribution is 14.0. The minimum absolute atomic E-state index is 0. The average Bonchev–Trinajstić information content (AvgIpc) is 2.71. The van der Waals surface area contributed by atoms with Crippen molar-refractivity contribution in [1.82, 2.24) is 15.5 Å². The molecule has 1 heterocycles. The molecule has 1 aliphatic carbocycles. The molecule has 1 saturated carbocycles. The number of aliphatic hydroxyl groups excluding tert-OH is 2. The molecule has 2 fully saturated rings. The number of guanidine groups is 1. The molecule has 1 saturated heterocycles. The molecule has 1 aliphatic heterocycles. The van der Waals surface area contributed by atoms with Crippen LogP contribution in [0.4, 0.5) is 0 Å². The fraction of sp³-hybridized carbons (Fsp3) is 0.682. The van der Waals surface area contributed by atoms with Gasteiger partial charge in [-0.1, -0.05) is 24.3 Å². The Balaban J connectivity index is 0.00000300. The fourth-order valence-electron chi connectivity index (χ4n) is 3.99. The molecule has 2 aliphatic rings. The van der Waals surface area contributed by atoms with E-state index in [1.807, 2.05) is 0 Å². The quantitative estimate of drug-likeness (QED) is 0.266. The Kier molecular flexibility index (Phi) is 10.7. The lowest BCUT2D eigenvalue weighted by Gasteiger charge is -2.29. The van der Waals surface area contributed by atoms with Gasteiger partial charge in [-0.2, -0.15) is 0 Å². The summed E-state index contributed by atoms with van der Waals surface area (Å²) >= 11 is 0. The summed E-state index contributed by atoms with van der Waals surface area (Å²) in [6.45, 7) is 6.47. The van der Waals surface area contributed by atoms with E-state index in [0.717, 1.165) is 70.7 Å². The standard InChI is InChI=1S/C22H36N4O2.HI/c1-2-23-22(25-19-7-9-20(27)10-8-19)24-15-17-3-5-18(6-4-17)16-26-13-11-21(28)12-14-26;/h3-6,19-21,27-28H,2,7-16H2,1H3,(H2,23,24,25);1H. The number of aliphatic hydroxyl groups is 2. The number of benzene rings is 1. The van der Waals surface area contributed by atoms with E-state index in [2.05, 4.69) is 46.7 Å². The van der Waals surface area contributed by atoms with Crippen LogP contribution in [0.15, 0.2) is 29.3 Å². The number of hydrogen-bond donors (Lipinski definition) is 4. The van der Waals surface area contributed by atoms with Crippen LogP contribution in [0.5, 0.6) is 0 Å². The molecule has 0 amide bonds. The van der Waals surface area contributed by atoms with Crippen LogP contribution in [0.2, 0.25) is 0 Å². The van der Waals surface area contributed by atoms with E-state index in [-0.39, 0.29) is 36.2 Å². The zero-order chi connectivity index (χ0) is 19.8. The molecule has 0 aromatic heterocycles. The van der Waals surface area contributed by atoms with E-state index in [1.54, 1.807) is 0 Å². The topological polar surface area (TPSA) is 80.1 Å². The second-order valence-electron chi connectivity index (χ2n) is 8.17. The fourth-order valence-corrected chi connectivity index (χ4v) is 3.99. The van der Waals surface area contributed by atoms with E-state index < -0.39 is 0 Å². The van der Waals surface area contributed by atoms with E-state index >= 15 is 0 Å². The Bertz CT molecular complexity index is 610. The first-order chi connectivity index (χ1) is 13.6. The molecule has 1 aromatic rings. The van der Waals surface area contributed by atoms with Gasteiger partial charge in [0.15, 0.2) is 5.96 Å². The number of nitrogens with one attached hydrogen (secondary N) is 2. The third kappa shape index (κ3) is 8.39. The Hall–Kier alpha value is -0.900. The third-order valence-electron chi connectivity index (χ3n) is 5.79. The summed E-state index contributed by atoms with van der Waals surface area (Å²) in [5, 5.41) is 26.1. The molecule has 29 heavy (non-hydrogen) atoms. The molecule has 0 bridgehead atoms. The van der Waals surface area contributed by atoms with Crippen LogP contribution in [0.1, 0.15) is 56.6 Å². The van der Waals surface area contributed by atoms with Crippen LogP contribution in [0.3, 0.4) is 0 Å². The van der Waals surface area contributed by atoms with Crippen molar-refractivity contribution in [1.29, 1.82) is 0 Å². The van der Waals surface area contributed by atoms with Gasteiger partial charge in [-0.05, 0) is 56.6 Å². The molecule has 0 atom stereocenters. The monoisotopic (exact) mass is 516 g/mol. The maximum absolute atomic E-state index is 9.67. The highest BCUT2D eigenvalue weighted by Gasteiger charge is 2.20. The summed E-state index contributed by atoms with van der Waals surface area (Å²) in [5.41, 5.74) is 2.52. The van der Waals surface area contributed by atoms with Gasteiger partial charge in [0.2, 0.25) is 0 Å². The molecule has 164 valence electrons. The first-order valence-corrected chi connectivity index (χ1v) is 10.8. The lowest BCUT2D eigenvalue weighted by atomic mass is 9.93. The van der Waals surface area contributed by atoms with Crippen LogP contribution in [0.25, 0.3) is 0 Å². The second-order valence-corrected chi connectivity index (χ2v) is 8.17. The Morgan fingerprint density at radius 1 is 0.966 bits per heavy atom. The van der Waals surface area contributed by atoms with Gasteiger partial charge >= 0.3 is 0 Å². The summed E-state index contributed by atoms with van der Waals surface area (Å²) in [4.78, 5) is 7.16. The third-order valence-corrected chi connectivity index (χ3v) is 5.79. The average molecular weight is 516 g/mol. The van der Waals surface area contributed by atoms with Gasteiger partial charge in [0.1, 0.15) is 0 Å². The Morgan fingerprint density at radius 3 is 2.17 bits per heavy atom. The molecule has 3 rings (SSSR count). The van der Waals surface area contributed by atoms with Crippen molar-refractivity contribution < 1.29 is 10.2 Å². The SMILES string of the molecule is CCNC(=NCc1ccc(CN2CCC(O)CC2)cc1)NC1CCC(O)CC1.I. The first-order valence-electron chi connectivity index (χ1n) is 10.8. The van der Waals surface area contributed by atoms with E-state index in [1.165, 1.54) is 11.1 Å². The molecule has 0 spiro atoms. The molecule has 4 N–H and O–H groups in total. The van der Waals surface area contributed by atoms with Crippen molar-refractivity contribution in [2.45, 2.75) is 76.8 Å². The van der Waals surface area contributed by atoms with Gasteiger partial charge in [-0.25, -0.2) is 4.99 Å². The van der Waals surface area contributed by atoms with E-state index in [9.17, 15) is 10.2 Å². The smallest absolute Gasteiger partial charge is 0.191 e. The number of hydrogen-bond acceptors (Lipinski definition) is 4. The van der Waals surface area contributed by atoms with Gasteiger partial charge in [0, 0.05) is 32.2 Å². The van der Waals surface area contributed by atoms with Crippen LogP contribution < -0.4 is 10.6 Å². The summed E-state index contributed by atoms with van der Waals surface area (Å²) < 4.78 is 0. The maximum atomic E-state index is 9.67. The highest BCUT2D eigenvalue weighted by atomic mass is 127. The molecular weight excluding hydrogens is 479 g/mol. The van der Waals surface area contributed by atoms with Crippen molar-refractivity contribution in [2.75, 3.05) is 19.6 Å². The number of halogens is 1. The van der Waals surface area contributed by atoms with Gasteiger partial charge in [-0.15, -0.1) is 24.0 Å². The molecule has 7 heteroatoms. The largest absolute Gasteiger partial charge is 0.393 e. The molecular formula is C22H37IN4O2. The van der Waals surface area contributed by atoms with Crippen LogP contribution in [0, 0.1) is 0 Å². The Morgan fingerprint density at radius 2 is 1.55 bits per heavy atom. The number of aliphatic imine (C=N–C) groups is 1. The molecule has 0 unspecified atom stereocenters.